The van der Waals surface area contributed by atoms with Gasteiger partial charge in [-0.2, -0.15) is 0 Å². The Morgan fingerprint density at radius 3 is 2.73 bits per heavy atom. The minimum atomic E-state index is 0.381. The van der Waals surface area contributed by atoms with Crippen molar-refractivity contribution < 1.29 is 0 Å². The van der Waals surface area contributed by atoms with Crippen LogP contribution in [0.1, 0.15) is 18.9 Å². The number of hydrogen-bond acceptors (Lipinski definition) is 1. The highest BCUT2D eigenvalue weighted by atomic mass is 35.5. The quantitative estimate of drug-likeness (QED) is 0.651. The molecule has 1 aromatic heterocycles. The molecule has 0 aliphatic carbocycles. The average Bonchev–Trinajstić information content (AvgIpc) is 1.98. The molecule has 0 saturated heterocycles. The summed E-state index contributed by atoms with van der Waals surface area (Å²) in [5, 5.41) is 0.920. The van der Waals surface area contributed by atoms with Gasteiger partial charge in [-0.1, -0.05) is 36.5 Å². The van der Waals surface area contributed by atoms with Gasteiger partial charge >= 0.3 is 0 Å². The molecule has 0 unspecified atom stereocenters. The lowest BCUT2D eigenvalue weighted by molar-refractivity contribution is 0.914. The van der Waals surface area contributed by atoms with E-state index >= 15 is 0 Å². The molecule has 0 aliphatic rings. The van der Waals surface area contributed by atoms with Crippen molar-refractivity contribution in [3.63, 3.8) is 0 Å². The topological polar surface area (TPSA) is 12.9 Å². The standard InChI is InChI=1S/C8H9Cl2N/c1-2-3-6-4-7(9)8(10)11-5-6/h4-5H,2-3H2,1H3. The Morgan fingerprint density at radius 2 is 2.18 bits per heavy atom. The van der Waals surface area contributed by atoms with E-state index in [1.54, 1.807) is 6.20 Å². The number of aryl methyl sites for hydroxylation is 1. The Morgan fingerprint density at radius 1 is 1.45 bits per heavy atom. The van der Waals surface area contributed by atoms with Crippen LogP contribution in [0, 0.1) is 0 Å². The molecule has 0 atom stereocenters. The minimum absolute atomic E-state index is 0.381. The van der Waals surface area contributed by atoms with Gasteiger partial charge in [-0.05, 0) is 18.1 Å². The first kappa shape index (κ1) is 8.82. The summed E-state index contributed by atoms with van der Waals surface area (Å²) < 4.78 is 0. The third-order valence-electron chi connectivity index (χ3n) is 1.39. The van der Waals surface area contributed by atoms with Gasteiger partial charge < -0.3 is 0 Å². The summed E-state index contributed by atoms with van der Waals surface area (Å²) in [6, 6.07) is 1.86. The van der Waals surface area contributed by atoms with E-state index < -0.39 is 0 Å². The zero-order valence-corrected chi connectivity index (χ0v) is 7.78. The number of pyridine rings is 1. The van der Waals surface area contributed by atoms with Gasteiger partial charge in [0.2, 0.25) is 0 Å². The monoisotopic (exact) mass is 189 g/mol. The van der Waals surface area contributed by atoms with Crippen LogP contribution in [0.3, 0.4) is 0 Å². The van der Waals surface area contributed by atoms with E-state index in [0.717, 1.165) is 18.4 Å². The molecule has 0 saturated carbocycles. The zero-order valence-electron chi connectivity index (χ0n) is 6.27. The van der Waals surface area contributed by atoms with Crippen LogP contribution in [0.25, 0.3) is 0 Å². The molecule has 3 heteroatoms. The van der Waals surface area contributed by atoms with E-state index in [1.807, 2.05) is 6.07 Å². The summed E-state index contributed by atoms with van der Waals surface area (Å²) in [6.45, 7) is 2.11. The van der Waals surface area contributed by atoms with Crippen molar-refractivity contribution in [3.8, 4) is 0 Å². The molecule has 1 aromatic rings. The second-order valence-corrected chi connectivity index (χ2v) is 3.13. The molecule has 0 aromatic carbocycles. The molecule has 1 rings (SSSR count). The fraction of sp³-hybridized carbons (Fsp3) is 0.375. The molecule has 0 bridgehead atoms. The highest BCUT2D eigenvalue weighted by Gasteiger charge is 1.98. The van der Waals surface area contributed by atoms with Gasteiger partial charge in [0.05, 0.1) is 5.02 Å². The van der Waals surface area contributed by atoms with Crippen molar-refractivity contribution in [1.82, 2.24) is 4.98 Å². The summed E-state index contributed by atoms with van der Waals surface area (Å²) in [5.74, 6) is 0. The summed E-state index contributed by atoms with van der Waals surface area (Å²) in [5.41, 5.74) is 1.14. The van der Waals surface area contributed by atoms with E-state index in [0.29, 0.717) is 10.2 Å². The number of halogens is 2. The summed E-state index contributed by atoms with van der Waals surface area (Å²) in [6.07, 6.45) is 3.86. The van der Waals surface area contributed by atoms with E-state index in [2.05, 4.69) is 11.9 Å². The predicted octanol–water partition coefficient (Wildman–Crippen LogP) is 3.34. The minimum Gasteiger partial charge on any atom is -0.243 e. The van der Waals surface area contributed by atoms with Crippen molar-refractivity contribution in [1.29, 1.82) is 0 Å². The number of nitrogens with zero attached hydrogens (tertiary/aromatic N) is 1. The van der Waals surface area contributed by atoms with Gasteiger partial charge in [-0.15, -0.1) is 0 Å². The number of aromatic nitrogens is 1. The highest BCUT2D eigenvalue weighted by molar-refractivity contribution is 6.41. The first-order chi connectivity index (χ1) is 5.24. The van der Waals surface area contributed by atoms with Crippen molar-refractivity contribution in [2.24, 2.45) is 0 Å². The molecule has 0 N–H and O–H groups in total. The summed E-state index contributed by atoms with van der Waals surface area (Å²) >= 11 is 11.4. The third-order valence-corrected chi connectivity index (χ3v) is 2.08. The number of hydrogen-bond donors (Lipinski definition) is 0. The molecule has 1 nitrogen and oxygen atoms in total. The smallest absolute Gasteiger partial charge is 0.147 e. The van der Waals surface area contributed by atoms with Crippen molar-refractivity contribution in [3.05, 3.63) is 28.0 Å². The van der Waals surface area contributed by atoms with Gasteiger partial charge in [-0.3, -0.25) is 0 Å². The van der Waals surface area contributed by atoms with E-state index in [9.17, 15) is 0 Å². The van der Waals surface area contributed by atoms with Crippen LogP contribution in [-0.2, 0) is 6.42 Å². The Kier molecular flexibility index (Phi) is 3.16. The zero-order chi connectivity index (χ0) is 8.27. The van der Waals surface area contributed by atoms with Crippen molar-refractivity contribution >= 4 is 23.2 Å². The fourth-order valence-electron chi connectivity index (χ4n) is 0.886. The van der Waals surface area contributed by atoms with Gasteiger partial charge in [0, 0.05) is 6.20 Å². The van der Waals surface area contributed by atoms with E-state index in [-0.39, 0.29) is 0 Å². The lowest BCUT2D eigenvalue weighted by atomic mass is 10.2. The Bertz CT molecular complexity index is 248. The van der Waals surface area contributed by atoms with Crippen molar-refractivity contribution in [2.75, 3.05) is 0 Å². The Balaban J connectivity index is 2.86. The second-order valence-electron chi connectivity index (χ2n) is 2.37. The van der Waals surface area contributed by atoms with Gasteiger partial charge in [0.25, 0.3) is 0 Å². The summed E-state index contributed by atoms with van der Waals surface area (Å²) in [4.78, 5) is 3.93. The maximum absolute atomic E-state index is 5.76. The molecule has 0 spiro atoms. The van der Waals surface area contributed by atoms with Crippen LogP contribution in [0.15, 0.2) is 12.3 Å². The first-order valence-corrected chi connectivity index (χ1v) is 4.29. The van der Waals surface area contributed by atoms with Crippen LogP contribution in [0.5, 0.6) is 0 Å². The number of rotatable bonds is 2. The predicted molar refractivity (Wildman–Crippen MR) is 48.3 cm³/mol. The molecule has 0 radical (unpaired) electrons. The third kappa shape index (κ3) is 2.35. The molecular formula is C8H9Cl2N. The molecule has 0 amide bonds. The Hall–Kier alpha value is -0.270. The first-order valence-electron chi connectivity index (χ1n) is 3.54. The van der Waals surface area contributed by atoms with Crippen LogP contribution >= 0.6 is 23.2 Å². The van der Waals surface area contributed by atoms with Crippen LogP contribution in [0.2, 0.25) is 10.2 Å². The molecule has 11 heavy (non-hydrogen) atoms. The van der Waals surface area contributed by atoms with Crippen molar-refractivity contribution in [2.45, 2.75) is 19.8 Å². The van der Waals surface area contributed by atoms with Gasteiger partial charge in [0.1, 0.15) is 5.15 Å². The van der Waals surface area contributed by atoms with Crippen LogP contribution in [0.4, 0.5) is 0 Å². The van der Waals surface area contributed by atoms with Crippen LogP contribution < -0.4 is 0 Å². The lowest BCUT2D eigenvalue weighted by Crippen LogP contribution is -1.85. The maximum atomic E-state index is 5.76. The lowest BCUT2D eigenvalue weighted by Gasteiger charge is -1.98. The highest BCUT2D eigenvalue weighted by Crippen LogP contribution is 2.20. The molecule has 0 aliphatic heterocycles. The summed E-state index contributed by atoms with van der Waals surface area (Å²) in [7, 11) is 0. The average molecular weight is 190 g/mol. The fourth-order valence-corrected chi connectivity index (χ4v) is 1.18. The normalized spacial score (nSPS) is 10.1. The van der Waals surface area contributed by atoms with Gasteiger partial charge in [0.15, 0.2) is 0 Å². The van der Waals surface area contributed by atoms with E-state index in [1.165, 1.54) is 0 Å². The largest absolute Gasteiger partial charge is 0.243 e. The van der Waals surface area contributed by atoms with Gasteiger partial charge in [-0.25, -0.2) is 4.98 Å². The maximum Gasteiger partial charge on any atom is 0.147 e. The molecular weight excluding hydrogens is 181 g/mol. The van der Waals surface area contributed by atoms with E-state index in [4.69, 9.17) is 23.2 Å². The SMILES string of the molecule is CCCc1cnc(Cl)c(Cl)c1. The van der Waals surface area contributed by atoms with Crippen LogP contribution in [-0.4, -0.2) is 4.98 Å². The second kappa shape index (κ2) is 3.93. The molecule has 0 fully saturated rings. The Labute approximate surface area is 76.4 Å². The molecule has 60 valence electrons. The molecule has 1 heterocycles.